The van der Waals surface area contributed by atoms with Gasteiger partial charge in [-0.1, -0.05) is 30.6 Å². The van der Waals surface area contributed by atoms with Crippen LogP contribution in [0.15, 0.2) is 27.6 Å². The van der Waals surface area contributed by atoms with Crippen LogP contribution in [0.4, 0.5) is 5.69 Å². The average molecular weight is 414 g/mol. The van der Waals surface area contributed by atoms with Crippen LogP contribution in [0.5, 0.6) is 0 Å². The molecule has 27 heavy (non-hydrogen) atoms. The molecule has 1 atom stereocenters. The maximum absolute atomic E-state index is 12.7. The van der Waals surface area contributed by atoms with Crippen LogP contribution in [0.25, 0.3) is 0 Å². The number of carbonyl (C=O) groups is 1. The molecule has 0 aliphatic carbocycles. The highest BCUT2D eigenvalue weighted by molar-refractivity contribution is 7.89. The summed E-state index contributed by atoms with van der Waals surface area (Å²) in [5.74, 6) is -0.293. The summed E-state index contributed by atoms with van der Waals surface area (Å²) in [4.78, 5) is 12.8. The van der Waals surface area contributed by atoms with Gasteiger partial charge >= 0.3 is 0 Å². The van der Waals surface area contributed by atoms with Crippen LogP contribution in [0.3, 0.4) is 0 Å². The molecule has 1 N–H and O–H groups in total. The lowest BCUT2D eigenvalue weighted by Gasteiger charge is -2.19. The maximum Gasteiger partial charge on any atom is 0.243 e. The molecule has 0 aliphatic heterocycles. The summed E-state index contributed by atoms with van der Waals surface area (Å²) in [7, 11) is -3.65. The van der Waals surface area contributed by atoms with Crippen molar-refractivity contribution in [2.45, 2.75) is 45.4 Å². The molecule has 0 aliphatic rings. The lowest BCUT2D eigenvalue weighted by Crippen LogP contribution is -2.30. The van der Waals surface area contributed by atoms with Gasteiger partial charge in [0.1, 0.15) is 5.76 Å². The highest BCUT2D eigenvalue weighted by Gasteiger charge is 2.25. The van der Waals surface area contributed by atoms with E-state index in [0.29, 0.717) is 30.1 Å². The van der Waals surface area contributed by atoms with Gasteiger partial charge in [0.15, 0.2) is 0 Å². The van der Waals surface area contributed by atoms with E-state index >= 15 is 0 Å². The Hall–Kier alpha value is -1.90. The Kier molecular flexibility index (Phi) is 6.67. The summed E-state index contributed by atoms with van der Waals surface area (Å²) in [6.45, 7) is 9.48. The molecule has 0 bridgehead atoms. The van der Waals surface area contributed by atoms with Gasteiger partial charge in [-0.05, 0) is 39.0 Å². The lowest BCUT2D eigenvalue weighted by atomic mass is 9.98. The molecule has 7 nitrogen and oxygen atoms in total. The molecular weight excluding hydrogens is 390 g/mol. The van der Waals surface area contributed by atoms with Crippen molar-refractivity contribution in [1.82, 2.24) is 9.46 Å². The minimum atomic E-state index is -3.65. The molecule has 0 saturated carbocycles. The number of hydrogen-bond donors (Lipinski definition) is 1. The van der Waals surface area contributed by atoms with E-state index in [1.54, 1.807) is 34.6 Å². The zero-order valence-corrected chi connectivity index (χ0v) is 17.6. The van der Waals surface area contributed by atoms with E-state index in [4.69, 9.17) is 16.1 Å². The molecule has 1 amide bonds. The van der Waals surface area contributed by atoms with Gasteiger partial charge < -0.3 is 9.84 Å². The van der Waals surface area contributed by atoms with Gasteiger partial charge in [0, 0.05) is 18.7 Å². The summed E-state index contributed by atoms with van der Waals surface area (Å²) < 4.78 is 31.9. The first-order valence-electron chi connectivity index (χ1n) is 8.66. The van der Waals surface area contributed by atoms with Gasteiger partial charge in [0.2, 0.25) is 15.9 Å². The minimum absolute atomic E-state index is 0.0795. The quantitative estimate of drug-likeness (QED) is 0.746. The summed E-state index contributed by atoms with van der Waals surface area (Å²) in [6, 6.07) is 4.28. The van der Waals surface area contributed by atoms with E-state index in [-0.39, 0.29) is 21.5 Å². The number of nitrogens with one attached hydrogen (secondary N) is 1. The molecule has 9 heteroatoms. The molecule has 1 heterocycles. The molecule has 1 unspecified atom stereocenters. The number of benzene rings is 1. The molecule has 0 fully saturated rings. The first-order valence-corrected chi connectivity index (χ1v) is 10.5. The van der Waals surface area contributed by atoms with E-state index in [1.807, 2.05) is 0 Å². The number of carbonyl (C=O) groups excluding carboxylic acids is 1. The number of aromatic nitrogens is 1. The highest BCUT2D eigenvalue weighted by atomic mass is 35.5. The number of hydrogen-bond acceptors (Lipinski definition) is 5. The monoisotopic (exact) mass is 413 g/mol. The molecule has 0 saturated heterocycles. The Bertz CT molecular complexity index is 917. The standard InChI is InChI=1S/C18H24ClN3O4S/c1-6-22(7-2)27(24,25)14-8-9-15(19)16(10-14)20-18(23)11(3)17-12(4)21-26-13(17)5/h8-11H,6-7H2,1-5H3,(H,20,23). The Morgan fingerprint density at radius 1 is 1.30 bits per heavy atom. The summed E-state index contributed by atoms with van der Waals surface area (Å²) in [6.07, 6.45) is 0. The predicted molar refractivity (Wildman–Crippen MR) is 105 cm³/mol. The molecule has 2 rings (SSSR count). The largest absolute Gasteiger partial charge is 0.361 e. The van der Waals surface area contributed by atoms with Crippen LogP contribution < -0.4 is 5.32 Å². The second-order valence-corrected chi connectivity index (χ2v) is 8.52. The minimum Gasteiger partial charge on any atom is -0.361 e. The van der Waals surface area contributed by atoms with Crippen molar-refractivity contribution in [3.05, 3.63) is 40.2 Å². The number of rotatable bonds is 7. The van der Waals surface area contributed by atoms with Crippen molar-refractivity contribution >= 4 is 33.2 Å². The van der Waals surface area contributed by atoms with Crippen molar-refractivity contribution in [3.8, 4) is 0 Å². The molecule has 148 valence electrons. The van der Waals surface area contributed by atoms with Gasteiger partial charge in [0.25, 0.3) is 0 Å². The Balaban J connectivity index is 2.33. The van der Waals surface area contributed by atoms with Crippen molar-refractivity contribution < 1.29 is 17.7 Å². The number of aryl methyl sites for hydroxylation is 2. The van der Waals surface area contributed by atoms with Gasteiger partial charge in [-0.2, -0.15) is 4.31 Å². The zero-order chi connectivity index (χ0) is 20.4. The summed E-state index contributed by atoms with van der Waals surface area (Å²) >= 11 is 6.18. The molecule has 0 radical (unpaired) electrons. The fourth-order valence-electron chi connectivity index (χ4n) is 2.95. The van der Waals surface area contributed by atoms with Gasteiger partial charge in [-0.3, -0.25) is 4.79 Å². The Labute approximate surface area is 164 Å². The van der Waals surface area contributed by atoms with Crippen LogP contribution >= 0.6 is 11.6 Å². The number of sulfonamides is 1. The Morgan fingerprint density at radius 2 is 1.93 bits per heavy atom. The van der Waals surface area contributed by atoms with Gasteiger partial charge in [0.05, 0.1) is 27.2 Å². The number of amides is 1. The highest BCUT2D eigenvalue weighted by Crippen LogP contribution is 2.29. The van der Waals surface area contributed by atoms with E-state index < -0.39 is 15.9 Å². The van der Waals surface area contributed by atoms with Crippen LogP contribution in [0, 0.1) is 13.8 Å². The summed E-state index contributed by atoms with van der Waals surface area (Å²) in [5, 5.41) is 6.84. The van der Waals surface area contributed by atoms with Crippen LogP contribution in [-0.2, 0) is 14.8 Å². The first-order chi connectivity index (χ1) is 12.6. The molecular formula is C18H24ClN3O4S. The van der Waals surface area contributed by atoms with Crippen LogP contribution in [0.1, 0.15) is 43.7 Å². The Morgan fingerprint density at radius 3 is 2.44 bits per heavy atom. The van der Waals surface area contributed by atoms with Crippen molar-refractivity contribution in [2.24, 2.45) is 0 Å². The molecule has 2 aromatic rings. The number of nitrogens with zero attached hydrogens (tertiary/aromatic N) is 2. The van der Waals surface area contributed by atoms with Crippen molar-refractivity contribution in [2.75, 3.05) is 18.4 Å². The molecule has 0 spiro atoms. The van der Waals surface area contributed by atoms with Gasteiger partial charge in [-0.15, -0.1) is 0 Å². The SMILES string of the molecule is CCN(CC)S(=O)(=O)c1ccc(Cl)c(NC(=O)C(C)c2c(C)noc2C)c1. The number of anilines is 1. The fourth-order valence-corrected chi connectivity index (χ4v) is 4.60. The van der Waals surface area contributed by atoms with Gasteiger partial charge in [-0.25, -0.2) is 8.42 Å². The van der Waals surface area contributed by atoms with Crippen LogP contribution in [-0.4, -0.2) is 36.9 Å². The van der Waals surface area contributed by atoms with E-state index in [0.717, 1.165) is 0 Å². The zero-order valence-electron chi connectivity index (χ0n) is 16.0. The van der Waals surface area contributed by atoms with E-state index in [1.165, 1.54) is 22.5 Å². The van der Waals surface area contributed by atoms with E-state index in [2.05, 4.69) is 10.5 Å². The van der Waals surface area contributed by atoms with Crippen LogP contribution in [0.2, 0.25) is 5.02 Å². The molecule has 1 aromatic carbocycles. The smallest absolute Gasteiger partial charge is 0.243 e. The second kappa shape index (κ2) is 8.41. The number of halogens is 1. The fraction of sp³-hybridized carbons (Fsp3) is 0.444. The second-order valence-electron chi connectivity index (χ2n) is 6.18. The van der Waals surface area contributed by atoms with E-state index in [9.17, 15) is 13.2 Å². The topological polar surface area (TPSA) is 92.5 Å². The first kappa shape index (κ1) is 21.4. The predicted octanol–water partition coefficient (Wildman–Crippen LogP) is 3.72. The molecule has 1 aromatic heterocycles. The third kappa shape index (κ3) is 4.34. The normalized spacial score (nSPS) is 13.0. The third-order valence-electron chi connectivity index (χ3n) is 4.45. The van der Waals surface area contributed by atoms with Crippen molar-refractivity contribution in [3.63, 3.8) is 0 Å². The average Bonchev–Trinajstić information content (AvgIpc) is 2.95. The third-order valence-corrected chi connectivity index (χ3v) is 6.83. The summed E-state index contributed by atoms with van der Waals surface area (Å²) in [5.41, 5.74) is 1.59. The maximum atomic E-state index is 12.7. The lowest BCUT2D eigenvalue weighted by molar-refractivity contribution is -0.117. The van der Waals surface area contributed by atoms with Crippen molar-refractivity contribution in [1.29, 1.82) is 0 Å².